The number of piperidine rings is 1. The van der Waals surface area contributed by atoms with Crippen molar-refractivity contribution in [2.45, 2.75) is 38.8 Å². The highest BCUT2D eigenvalue weighted by Crippen LogP contribution is 2.16. The maximum absolute atomic E-state index is 13.7. The maximum Gasteiger partial charge on any atom is 0.254 e. The number of nitrogens with zero attached hydrogens (tertiary/aromatic N) is 1. The van der Waals surface area contributed by atoms with Crippen LogP contribution in [0.15, 0.2) is 18.2 Å². The van der Waals surface area contributed by atoms with E-state index in [1.165, 1.54) is 6.07 Å². The Kier molecular flexibility index (Phi) is 4.20. The number of carbonyl (C=O) groups excluding carboxylic acids is 1. The van der Waals surface area contributed by atoms with Crippen molar-refractivity contribution >= 4 is 5.91 Å². The lowest BCUT2D eigenvalue weighted by Gasteiger charge is -2.35. The summed E-state index contributed by atoms with van der Waals surface area (Å²) in [4.78, 5) is 14.3. The molecule has 19 heavy (non-hydrogen) atoms. The zero-order valence-electron chi connectivity index (χ0n) is 11.7. The molecule has 0 saturated carbocycles. The van der Waals surface area contributed by atoms with E-state index in [-0.39, 0.29) is 17.5 Å². The molecule has 2 rings (SSSR count). The minimum Gasteiger partial charge on any atom is -0.349 e. The minimum absolute atomic E-state index is 0.136. The van der Waals surface area contributed by atoms with Crippen LogP contribution in [0.3, 0.4) is 0 Å². The van der Waals surface area contributed by atoms with Crippen LogP contribution in [-0.2, 0) is 0 Å². The van der Waals surface area contributed by atoms with Gasteiger partial charge in [-0.2, -0.15) is 0 Å². The Morgan fingerprint density at radius 1 is 1.47 bits per heavy atom. The molecule has 0 aliphatic carbocycles. The van der Waals surface area contributed by atoms with Crippen LogP contribution in [-0.4, -0.2) is 36.5 Å². The van der Waals surface area contributed by atoms with Gasteiger partial charge in [0.05, 0.1) is 5.56 Å². The monoisotopic (exact) mass is 264 g/mol. The van der Waals surface area contributed by atoms with Gasteiger partial charge < -0.3 is 10.2 Å². The van der Waals surface area contributed by atoms with E-state index < -0.39 is 5.82 Å². The maximum atomic E-state index is 13.7. The summed E-state index contributed by atoms with van der Waals surface area (Å²) >= 11 is 0. The fraction of sp³-hybridized carbons (Fsp3) is 0.533. The highest BCUT2D eigenvalue weighted by Gasteiger charge is 2.24. The normalized spacial score (nSPS) is 24.2. The molecule has 1 fully saturated rings. The summed E-state index contributed by atoms with van der Waals surface area (Å²) in [6, 6.07) is 5.29. The number of rotatable bonds is 2. The van der Waals surface area contributed by atoms with Crippen molar-refractivity contribution in [3.8, 4) is 0 Å². The first-order valence-electron chi connectivity index (χ1n) is 6.74. The number of amides is 1. The van der Waals surface area contributed by atoms with Gasteiger partial charge in [0.15, 0.2) is 0 Å². The third-order valence-corrected chi connectivity index (χ3v) is 3.91. The number of benzene rings is 1. The fourth-order valence-corrected chi connectivity index (χ4v) is 2.49. The van der Waals surface area contributed by atoms with Gasteiger partial charge in [0.2, 0.25) is 0 Å². The SMILES string of the molecule is Cc1ccc(C(=O)NC2CCN(C)C(C)C2)c(F)c1. The third-order valence-electron chi connectivity index (χ3n) is 3.91. The Bertz CT molecular complexity index is 475. The molecule has 0 spiro atoms. The van der Waals surface area contributed by atoms with Gasteiger partial charge >= 0.3 is 0 Å². The molecule has 1 aromatic rings. The quantitative estimate of drug-likeness (QED) is 0.889. The highest BCUT2D eigenvalue weighted by atomic mass is 19.1. The van der Waals surface area contributed by atoms with Crippen molar-refractivity contribution in [2.24, 2.45) is 0 Å². The van der Waals surface area contributed by atoms with Crippen LogP contribution in [0.1, 0.15) is 35.7 Å². The van der Waals surface area contributed by atoms with Crippen LogP contribution in [0, 0.1) is 12.7 Å². The lowest BCUT2D eigenvalue weighted by molar-refractivity contribution is 0.0892. The van der Waals surface area contributed by atoms with Crippen molar-refractivity contribution < 1.29 is 9.18 Å². The minimum atomic E-state index is -0.446. The van der Waals surface area contributed by atoms with Crippen molar-refractivity contribution in [3.63, 3.8) is 0 Å². The molecule has 0 bridgehead atoms. The molecule has 3 nitrogen and oxygen atoms in total. The molecular weight excluding hydrogens is 243 g/mol. The molecule has 2 atom stereocenters. The van der Waals surface area contributed by atoms with E-state index in [0.717, 1.165) is 24.9 Å². The Hall–Kier alpha value is -1.42. The zero-order valence-corrected chi connectivity index (χ0v) is 11.7. The van der Waals surface area contributed by atoms with E-state index in [4.69, 9.17) is 0 Å². The standard InChI is InChI=1S/C15H21FN2O/c1-10-4-5-13(14(16)8-10)15(19)17-12-6-7-18(3)11(2)9-12/h4-5,8,11-12H,6-7,9H2,1-3H3,(H,17,19). The van der Waals surface area contributed by atoms with Gasteiger partial charge in [0.25, 0.3) is 5.91 Å². The van der Waals surface area contributed by atoms with Gasteiger partial charge in [0.1, 0.15) is 5.82 Å². The van der Waals surface area contributed by atoms with Gasteiger partial charge in [-0.05, 0) is 51.4 Å². The molecule has 1 amide bonds. The lowest BCUT2D eigenvalue weighted by Crippen LogP contribution is -2.47. The topological polar surface area (TPSA) is 32.3 Å². The molecule has 1 aliphatic rings. The van der Waals surface area contributed by atoms with Gasteiger partial charge in [-0.15, -0.1) is 0 Å². The molecule has 1 aliphatic heterocycles. The number of likely N-dealkylation sites (tertiary alicyclic amines) is 1. The highest BCUT2D eigenvalue weighted by molar-refractivity contribution is 5.94. The first-order chi connectivity index (χ1) is 8.97. The molecule has 2 unspecified atom stereocenters. The summed E-state index contributed by atoms with van der Waals surface area (Å²) in [5.74, 6) is -0.752. The Balaban J connectivity index is 2.01. The number of halogens is 1. The lowest BCUT2D eigenvalue weighted by atomic mass is 9.98. The average Bonchev–Trinajstić information content (AvgIpc) is 2.33. The molecule has 4 heteroatoms. The second-order valence-electron chi connectivity index (χ2n) is 5.51. The van der Waals surface area contributed by atoms with Gasteiger partial charge in [-0.3, -0.25) is 4.79 Å². The van der Waals surface area contributed by atoms with Gasteiger partial charge in [-0.25, -0.2) is 4.39 Å². The van der Waals surface area contributed by atoms with E-state index in [1.54, 1.807) is 12.1 Å². The molecule has 0 radical (unpaired) electrons. The Morgan fingerprint density at radius 3 is 2.84 bits per heavy atom. The van der Waals surface area contributed by atoms with E-state index in [1.807, 2.05) is 6.92 Å². The molecule has 0 aromatic heterocycles. The number of hydrogen-bond donors (Lipinski definition) is 1. The van der Waals surface area contributed by atoms with E-state index in [2.05, 4.69) is 24.2 Å². The molecule has 1 heterocycles. The van der Waals surface area contributed by atoms with Crippen LogP contribution >= 0.6 is 0 Å². The summed E-state index contributed by atoms with van der Waals surface area (Å²) in [7, 11) is 2.09. The van der Waals surface area contributed by atoms with Crippen molar-refractivity contribution in [1.82, 2.24) is 10.2 Å². The first kappa shape index (κ1) is 14.0. The van der Waals surface area contributed by atoms with Crippen LogP contribution in [0.5, 0.6) is 0 Å². The first-order valence-corrected chi connectivity index (χ1v) is 6.74. The smallest absolute Gasteiger partial charge is 0.254 e. The predicted molar refractivity (Wildman–Crippen MR) is 73.7 cm³/mol. The van der Waals surface area contributed by atoms with Crippen molar-refractivity contribution in [1.29, 1.82) is 0 Å². The molecule has 104 valence electrons. The van der Waals surface area contributed by atoms with E-state index in [9.17, 15) is 9.18 Å². The summed E-state index contributed by atoms with van der Waals surface area (Å²) in [6.45, 7) is 4.91. The van der Waals surface area contributed by atoms with Gasteiger partial charge in [0, 0.05) is 18.6 Å². The van der Waals surface area contributed by atoms with Crippen LogP contribution in [0.25, 0.3) is 0 Å². The summed E-state index contributed by atoms with van der Waals surface area (Å²) in [5.41, 5.74) is 0.958. The Morgan fingerprint density at radius 2 is 2.21 bits per heavy atom. The number of aryl methyl sites for hydroxylation is 1. The number of hydrogen-bond acceptors (Lipinski definition) is 2. The predicted octanol–water partition coefficient (Wildman–Crippen LogP) is 2.35. The van der Waals surface area contributed by atoms with E-state index in [0.29, 0.717) is 6.04 Å². The van der Waals surface area contributed by atoms with Crippen LogP contribution < -0.4 is 5.32 Å². The molecule has 1 aromatic carbocycles. The third kappa shape index (κ3) is 3.32. The number of carbonyl (C=O) groups is 1. The van der Waals surface area contributed by atoms with E-state index >= 15 is 0 Å². The molecule has 1 saturated heterocycles. The van der Waals surface area contributed by atoms with Crippen molar-refractivity contribution in [3.05, 3.63) is 35.1 Å². The van der Waals surface area contributed by atoms with Crippen LogP contribution in [0.2, 0.25) is 0 Å². The zero-order chi connectivity index (χ0) is 14.0. The molecule has 1 N–H and O–H groups in total. The molecular formula is C15H21FN2O. The van der Waals surface area contributed by atoms with Crippen molar-refractivity contribution in [2.75, 3.05) is 13.6 Å². The second-order valence-corrected chi connectivity index (χ2v) is 5.51. The number of nitrogens with one attached hydrogen (secondary N) is 1. The average molecular weight is 264 g/mol. The largest absolute Gasteiger partial charge is 0.349 e. The second kappa shape index (κ2) is 5.70. The van der Waals surface area contributed by atoms with Crippen LogP contribution in [0.4, 0.5) is 4.39 Å². The van der Waals surface area contributed by atoms with Gasteiger partial charge in [-0.1, -0.05) is 6.07 Å². The summed E-state index contributed by atoms with van der Waals surface area (Å²) in [5, 5.41) is 2.94. The fourth-order valence-electron chi connectivity index (χ4n) is 2.49. The summed E-state index contributed by atoms with van der Waals surface area (Å²) in [6.07, 6.45) is 1.83. The Labute approximate surface area is 113 Å². The summed E-state index contributed by atoms with van der Waals surface area (Å²) < 4.78 is 13.7.